The number of carbonyl (C=O) groups is 1. The van der Waals surface area contributed by atoms with E-state index in [4.69, 9.17) is 5.73 Å². The van der Waals surface area contributed by atoms with Crippen molar-refractivity contribution in [3.05, 3.63) is 89.5 Å². The zero-order valence-corrected chi connectivity index (χ0v) is 19.4. The molecule has 0 aliphatic rings. The topological polar surface area (TPSA) is 126 Å². The summed E-state index contributed by atoms with van der Waals surface area (Å²) in [6.45, 7) is 1.93. The number of rotatable bonds is 7. The number of hydrogen-bond donors (Lipinski definition) is 4. The van der Waals surface area contributed by atoms with Crippen molar-refractivity contribution < 1.29 is 9.18 Å². The second-order valence-corrected chi connectivity index (χ2v) is 8.76. The molecule has 3 heterocycles. The third kappa shape index (κ3) is 5.09. The highest BCUT2D eigenvalue weighted by atomic mass is 32.2. The summed E-state index contributed by atoms with van der Waals surface area (Å²) >= 11 is 1.48. The fourth-order valence-electron chi connectivity index (χ4n) is 3.41. The molecular formula is C24H21FN8OS. The summed E-state index contributed by atoms with van der Waals surface area (Å²) in [6, 6.07) is 16.8. The Morgan fingerprint density at radius 3 is 2.74 bits per heavy atom. The first-order valence-corrected chi connectivity index (χ1v) is 11.7. The van der Waals surface area contributed by atoms with Crippen LogP contribution in [0.3, 0.4) is 0 Å². The van der Waals surface area contributed by atoms with Gasteiger partial charge in [0.05, 0.1) is 11.4 Å². The molecule has 1 amide bonds. The Balaban J connectivity index is 1.26. The molecule has 5 N–H and O–H groups in total. The molecule has 0 atom stereocenters. The van der Waals surface area contributed by atoms with Crippen molar-refractivity contribution in [2.24, 2.45) is 0 Å². The summed E-state index contributed by atoms with van der Waals surface area (Å²) < 4.78 is 15.0. The smallest absolute Gasteiger partial charge is 0.255 e. The lowest BCUT2D eigenvalue weighted by molar-refractivity contribution is 0.102. The van der Waals surface area contributed by atoms with Gasteiger partial charge in [0.15, 0.2) is 11.6 Å². The minimum absolute atomic E-state index is 0.169. The average molecular weight is 489 g/mol. The van der Waals surface area contributed by atoms with Gasteiger partial charge in [-0.15, -0.1) is 5.10 Å². The lowest BCUT2D eigenvalue weighted by atomic mass is 10.1. The van der Waals surface area contributed by atoms with Gasteiger partial charge in [-0.25, -0.2) is 13.9 Å². The van der Waals surface area contributed by atoms with Crippen molar-refractivity contribution >= 4 is 46.2 Å². The number of nitrogens with two attached hydrogens (primary N) is 1. The van der Waals surface area contributed by atoms with Crippen LogP contribution in [0.2, 0.25) is 0 Å². The maximum atomic E-state index is 13.2. The number of nitrogens with one attached hydrogen (secondary N) is 3. The van der Waals surface area contributed by atoms with E-state index >= 15 is 0 Å². The Hall–Kier alpha value is -4.38. The normalized spacial score (nSPS) is 11.0. The van der Waals surface area contributed by atoms with Crippen LogP contribution in [0.15, 0.2) is 72.0 Å². The number of carbonyl (C=O) groups excluding carboxylic acids is 1. The van der Waals surface area contributed by atoms with E-state index in [0.717, 1.165) is 16.8 Å². The number of hydrogen-bond acceptors (Lipinski definition) is 7. The van der Waals surface area contributed by atoms with E-state index < -0.39 is 5.82 Å². The number of H-pyrrole nitrogens is 1. The number of aromatic nitrogens is 5. The van der Waals surface area contributed by atoms with E-state index in [0.29, 0.717) is 33.8 Å². The predicted octanol–water partition coefficient (Wildman–Crippen LogP) is 4.77. The van der Waals surface area contributed by atoms with Gasteiger partial charge in [-0.2, -0.15) is 5.10 Å². The molecule has 9 nitrogen and oxygen atoms in total. The molecule has 5 rings (SSSR count). The molecule has 0 saturated carbocycles. The van der Waals surface area contributed by atoms with Gasteiger partial charge in [-0.1, -0.05) is 23.9 Å². The molecule has 0 unspecified atom stereocenters. The van der Waals surface area contributed by atoms with E-state index in [1.165, 1.54) is 30.0 Å². The molecule has 3 aromatic heterocycles. The van der Waals surface area contributed by atoms with E-state index in [-0.39, 0.29) is 11.6 Å². The maximum absolute atomic E-state index is 13.2. The Kier molecular flexibility index (Phi) is 6.06. The fraction of sp³-hybridized carbons (Fsp3) is 0.0833. The summed E-state index contributed by atoms with van der Waals surface area (Å²) in [4.78, 5) is 17.2. The van der Waals surface area contributed by atoms with Crippen LogP contribution in [0.5, 0.6) is 0 Å². The first-order valence-electron chi connectivity index (χ1n) is 10.7. The molecule has 0 spiro atoms. The third-order valence-electron chi connectivity index (χ3n) is 5.17. The molecule has 0 aliphatic carbocycles. The molecule has 11 heteroatoms. The van der Waals surface area contributed by atoms with Crippen LogP contribution >= 0.6 is 11.8 Å². The number of amides is 1. The molecular weight excluding hydrogens is 467 g/mol. The van der Waals surface area contributed by atoms with Crippen molar-refractivity contribution in [1.82, 2.24) is 24.8 Å². The predicted molar refractivity (Wildman–Crippen MR) is 134 cm³/mol. The van der Waals surface area contributed by atoms with Crippen molar-refractivity contribution in [1.29, 1.82) is 0 Å². The highest BCUT2D eigenvalue weighted by Gasteiger charge is 2.12. The molecule has 2 aromatic carbocycles. The summed E-state index contributed by atoms with van der Waals surface area (Å²) in [7, 11) is 0. The van der Waals surface area contributed by atoms with Crippen LogP contribution in [0.1, 0.15) is 21.6 Å². The zero-order chi connectivity index (χ0) is 24.4. The van der Waals surface area contributed by atoms with Crippen LogP contribution in [0.4, 0.5) is 27.4 Å². The Morgan fingerprint density at radius 2 is 2.00 bits per heavy atom. The highest BCUT2D eigenvalue weighted by molar-refractivity contribution is 7.98. The van der Waals surface area contributed by atoms with Crippen molar-refractivity contribution in [2.75, 3.05) is 16.4 Å². The number of thioether (sulfide) groups is 1. The second-order valence-electron chi connectivity index (χ2n) is 7.81. The molecule has 35 heavy (non-hydrogen) atoms. The molecule has 176 valence electrons. The monoisotopic (exact) mass is 488 g/mol. The minimum atomic E-state index is -0.457. The Bertz CT molecular complexity index is 1510. The van der Waals surface area contributed by atoms with Gasteiger partial charge >= 0.3 is 0 Å². The lowest BCUT2D eigenvalue weighted by Crippen LogP contribution is -2.13. The summed E-state index contributed by atoms with van der Waals surface area (Å²) in [5, 5.41) is 18.2. The van der Waals surface area contributed by atoms with Crippen molar-refractivity contribution in [3.63, 3.8) is 0 Å². The van der Waals surface area contributed by atoms with Crippen LogP contribution in [-0.2, 0) is 5.75 Å². The van der Waals surface area contributed by atoms with E-state index in [9.17, 15) is 9.18 Å². The van der Waals surface area contributed by atoms with Gasteiger partial charge in [-0.05, 0) is 55.0 Å². The van der Waals surface area contributed by atoms with Gasteiger partial charge in [0, 0.05) is 29.3 Å². The summed E-state index contributed by atoms with van der Waals surface area (Å²) in [6.07, 6.45) is 1.86. The van der Waals surface area contributed by atoms with Crippen LogP contribution in [-0.4, -0.2) is 30.7 Å². The zero-order valence-electron chi connectivity index (χ0n) is 18.6. The van der Waals surface area contributed by atoms with Gasteiger partial charge in [-0.3, -0.25) is 9.89 Å². The van der Waals surface area contributed by atoms with Crippen LogP contribution < -0.4 is 16.4 Å². The summed E-state index contributed by atoms with van der Waals surface area (Å²) in [5.41, 5.74) is 9.55. The quantitative estimate of drug-likeness (QED) is 0.192. The number of benzene rings is 2. The minimum Gasteiger partial charge on any atom is -0.397 e. The standard InChI is InChI=1S/C24H21FN8OS/c1-14-11-21(31-30-14)28-22-20-3-2-10-33(20)32-24(29-22)35-13-15-4-6-16(7-5-15)23(34)27-19-9-8-17(25)12-18(19)26/h2-12H,13,26H2,1H3,(H,27,34)(H2,28,29,30,31,32). The van der Waals surface area contributed by atoms with E-state index in [2.05, 4.69) is 30.9 Å². The maximum Gasteiger partial charge on any atom is 0.255 e. The van der Waals surface area contributed by atoms with Gasteiger partial charge in [0.1, 0.15) is 11.3 Å². The largest absolute Gasteiger partial charge is 0.397 e. The third-order valence-corrected chi connectivity index (χ3v) is 6.08. The highest BCUT2D eigenvalue weighted by Crippen LogP contribution is 2.25. The Labute approximate surface area is 204 Å². The van der Waals surface area contributed by atoms with Gasteiger partial charge < -0.3 is 16.4 Å². The molecule has 5 aromatic rings. The number of nitrogens with zero attached hydrogens (tertiary/aromatic N) is 4. The number of aryl methyl sites for hydroxylation is 1. The van der Waals surface area contributed by atoms with Crippen LogP contribution in [0, 0.1) is 12.7 Å². The Morgan fingerprint density at radius 1 is 1.17 bits per heavy atom. The van der Waals surface area contributed by atoms with Gasteiger partial charge in [0.2, 0.25) is 5.16 Å². The molecule has 0 fully saturated rings. The number of aromatic amines is 1. The fourth-order valence-corrected chi connectivity index (χ4v) is 4.20. The average Bonchev–Trinajstić information content (AvgIpc) is 3.48. The van der Waals surface area contributed by atoms with Gasteiger partial charge in [0.25, 0.3) is 5.91 Å². The molecule has 0 saturated heterocycles. The van der Waals surface area contributed by atoms with Crippen molar-refractivity contribution in [3.8, 4) is 0 Å². The van der Waals surface area contributed by atoms with E-state index in [1.807, 2.05) is 43.5 Å². The molecule has 0 radical (unpaired) electrons. The molecule has 0 aliphatic heterocycles. The summed E-state index contributed by atoms with van der Waals surface area (Å²) in [5.74, 6) is 1.16. The first kappa shape index (κ1) is 22.4. The lowest BCUT2D eigenvalue weighted by Gasteiger charge is -2.09. The second kappa shape index (κ2) is 9.47. The number of anilines is 4. The van der Waals surface area contributed by atoms with Crippen molar-refractivity contribution in [2.45, 2.75) is 17.8 Å². The van der Waals surface area contributed by atoms with E-state index in [1.54, 1.807) is 16.6 Å². The number of halogens is 1. The number of nitrogen functional groups attached to an aromatic ring is 1. The van der Waals surface area contributed by atoms with Crippen LogP contribution in [0.25, 0.3) is 5.52 Å². The first-order chi connectivity index (χ1) is 16.9. The number of fused-ring (bicyclic) bond motifs is 1. The molecule has 0 bridgehead atoms. The SMILES string of the molecule is Cc1cc(Nc2nc(SCc3ccc(C(=O)Nc4ccc(F)cc4N)cc3)nn3cccc23)n[nH]1.